The first-order valence-corrected chi connectivity index (χ1v) is 12.0. The number of rotatable bonds is 7. The van der Waals surface area contributed by atoms with Crippen LogP contribution in [-0.4, -0.2) is 42.1 Å². The lowest BCUT2D eigenvalue weighted by Crippen LogP contribution is -2.30. The molecule has 10 heteroatoms. The molecule has 0 saturated carbocycles. The van der Waals surface area contributed by atoms with Crippen molar-refractivity contribution in [2.75, 3.05) is 18.6 Å². The fraction of sp³-hybridized carbons (Fsp3) is 0.269. The molecule has 186 valence electrons. The van der Waals surface area contributed by atoms with E-state index in [2.05, 4.69) is 4.98 Å². The fourth-order valence-corrected chi connectivity index (χ4v) is 5.23. The van der Waals surface area contributed by atoms with E-state index in [1.807, 2.05) is 6.92 Å². The van der Waals surface area contributed by atoms with Gasteiger partial charge in [0.25, 0.3) is 5.91 Å². The van der Waals surface area contributed by atoms with Crippen molar-refractivity contribution in [1.82, 2.24) is 4.98 Å². The third-order valence-electron chi connectivity index (χ3n) is 5.92. The van der Waals surface area contributed by atoms with E-state index in [0.29, 0.717) is 29.2 Å². The molecule has 1 saturated heterocycles. The summed E-state index contributed by atoms with van der Waals surface area (Å²) in [5, 5.41) is 0.0683. The number of halogens is 1. The first kappa shape index (κ1) is 25.2. The fourth-order valence-electron chi connectivity index (χ4n) is 4.21. The highest BCUT2D eigenvalue weighted by Crippen LogP contribution is 2.43. The Morgan fingerprint density at radius 3 is 2.42 bits per heavy atom. The number of Topliss-reactive ketones (excluding diaryl/α,β-unsaturated/α-hetero) is 2. The first-order chi connectivity index (χ1) is 17.2. The van der Waals surface area contributed by atoms with Gasteiger partial charge in [-0.3, -0.25) is 19.3 Å². The summed E-state index contributed by atoms with van der Waals surface area (Å²) in [6, 6.07) is 8.94. The number of methoxy groups -OCH3 is 1. The Balaban J connectivity index is 1.83. The highest BCUT2D eigenvalue weighted by atomic mass is 32.1. The van der Waals surface area contributed by atoms with Crippen molar-refractivity contribution in [3.63, 3.8) is 0 Å². The molecular formula is C26H23FN2O6S. The van der Waals surface area contributed by atoms with Gasteiger partial charge in [0, 0.05) is 5.56 Å². The lowest BCUT2D eigenvalue weighted by atomic mass is 9.86. The molecule has 1 aliphatic rings. The first-order valence-electron chi connectivity index (χ1n) is 11.1. The molecule has 2 aromatic carbocycles. The van der Waals surface area contributed by atoms with Crippen molar-refractivity contribution in [1.29, 1.82) is 0 Å². The third-order valence-corrected chi connectivity index (χ3v) is 7.06. The van der Waals surface area contributed by atoms with Crippen LogP contribution in [0.15, 0.2) is 42.5 Å². The Labute approximate surface area is 210 Å². The van der Waals surface area contributed by atoms with Crippen molar-refractivity contribution in [3.8, 4) is 5.75 Å². The summed E-state index contributed by atoms with van der Waals surface area (Å²) in [5.74, 6) is -4.34. The number of hydrogen-bond donors (Lipinski definition) is 0. The summed E-state index contributed by atoms with van der Waals surface area (Å²) < 4.78 is 24.0. The van der Waals surface area contributed by atoms with Gasteiger partial charge in [0.05, 0.1) is 25.5 Å². The molecule has 0 radical (unpaired) electrons. The lowest BCUT2D eigenvalue weighted by molar-refractivity contribution is -0.135. The molecule has 4 rings (SSSR count). The summed E-state index contributed by atoms with van der Waals surface area (Å²) in [7, 11) is 1.22. The molecule has 0 aliphatic carbocycles. The van der Waals surface area contributed by atoms with E-state index in [9.17, 15) is 23.6 Å². The van der Waals surface area contributed by atoms with E-state index in [0.717, 1.165) is 16.2 Å². The van der Waals surface area contributed by atoms with E-state index in [-0.39, 0.29) is 15.6 Å². The van der Waals surface area contributed by atoms with Crippen LogP contribution in [0.1, 0.15) is 49.8 Å². The van der Waals surface area contributed by atoms with Crippen LogP contribution in [0, 0.1) is 25.6 Å². The number of esters is 1. The number of anilines is 1. The Kier molecular flexibility index (Phi) is 6.98. The van der Waals surface area contributed by atoms with Gasteiger partial charge in [-0.1, -0.05) is 23.5 Å². The monoisotopic (exact) mass is 510 g/mol. The number of thiazole rings is 1. The molecule has 1 aromatic heterocycles. The molecule has 2 atom stereocenters. The minimum Gasteiger partial charge on any atom is -0.494 e. The van der Waals surface area contributed by atoms with E-state index in [1.165, 1.54) is 31.4 Å². The molecule has 0 spiro atoms. The second kappa shape index (κ2) is 9.98. The smallest absolute Gasteiger partial charge is 0.350 e. The zero-order valence-electron chi connectivity index (χ0n) is 20.0. The van der Waals surface area contributed by atoms with Crippen LogP contribution in [0.3, 0.4) is 0 Å². The predicted octanol–water partition coefficient (Wildman–Crippen LogP) is 4.24. The standard InChI is InChI=1S/C26H23FN2O6S/c1-5-35-18-11-8-16(12-13(18)2)21(30)19-20(15-6-9-17(27)10-7-15)29(24(32)22(19)31)26-28-14(3)23(36-26)25(33)34-4/h6-12,19-20H,5H2,1-4H3. The number of amides is 1. The number of carbonyl (C=O) groups is 4. The van der Waals surface area contributed by atoms with Crippen LogP contribution in [0.5, 0.6) is 5.75 Å². The zero-order chi connectivity index (χ0) is 26.1. The number of carbonyl (C=O) groups excluding carboxylic acids is 4. The molecule has 0 bridgehead atoms. The number of ether oxygens (including phenoxy) is 2. The van der Waals surface area contributed by atoms with Crippen LogP contribution >= 0.6 is 11.3 Å². The number of aromatic nitrogens is 1. The van der Waals surface area contributed by atoms with Crippen molar-refractivity contribution < 1.29 is 33.0 Å². The van der Waals surface area contributed by atoms with Crippen molar-refractivity contribution >= 4 is 39.9 Å². The Hall–Kier alpha value is -3.92. The van der Waals surface area contributed by atoms with Crippen molar-refractivity contribution in [3.05, 3.63) is 75.5 Å². The van der Waals surface area contributed by atoms with E-state index in [4.69, 9.17) is 9.47 Å². The van der Waals surface area contributed by atoms with Crippen LogP contribution in [0.25, 0.3) is 0 Å². The molecule has 0 N–H and O–H groups in total. The summed E-state index contributed by atoms with van der Waals surface area (Å²) >= 11 is 0.882. The molecule has 2 heterocycles. The minimum atomic E-state index is -1.40. The highest BCUT2D eigenvalue weighted by molar-refractivity contribution is 7.17. The molecular weight excluding hydrogens is 487 g/mol. The lowest BCUT2D eigenvalue weighted by Gasteiger charge is -2.25. The predicted molar refractivity (Wildman–Crippen MR) is 130 cm³/mol. The zero-order valence-corrected chi connectivity index (χ0v) is 20.8. The third kappa shape index (κ3) is 4.39. The maximum atomic E-state index is 13.7. The van der Waals surface area contributed by atoms with Crippen molar-refractivity contribution in [2.24, 2.45) is 5.92 Å². The molecule has 3 aromatic rings. The largest absolute Gasteiger partial charge is 0.494 e. The average Bonchev–Trinajstić information content (AvgIpc) is 3.36. The molecule has 1 amide bonds. The summed E-state index contributed by atoms with van der Waals surface area (Å²) in [6.07, 6.45) is 0. The number of aryl methyl sites for hydroxylation is 2. The van der Waals surface area contributed by atoms with Gasteiger partial charge in [-0.25, -0.2) is 14.2 Å². The van der Waals surface area contributed by atoms with Gasteiger partial charge >= 0.3 is 5.97 Å². The minimum absolute atomic E-state index is 0.0683. The Morgan fingerprint density at radius 1 is 1.11 bits per heavy atom. The van der Waals surface area contributed by atoms with E-state index < -0.39 is 41.2 Å². The summed E-state index contributed by atoms with van der Waals surface area (Å²) in [6.45, 7) is 5.65. The second-order valence-electron chi connectivity index (χ2n) is 8.19. The van der Waals surface area contributed by atoms with Crippen LogP contribution in [0.4, 0.5) is 9.52 Å². The quantitative estimate of drug-likeness (QED) is 0.203. The van der Waals surface area contributed by atoms with E-state index in [1.54, 1.807) is 32.0 Å². The maximum absolute atomic E-state index is 13.7. The van der Waals surface area contributed by atoms with Crippen LogP contribution in [-0.2, 0) is 14.3 Å². The molecule has 2 unspecified atom stereocenters. The van der Waals surface area contributed by atoms with Crippen LogP contribution in [0.2, 0.25) is 0 Å². The van der Waals surface area contributed by atoms with Crippen LogP contribution < -0.4 is 9.64 Å². The Morgan fingerprint density at radius 2 is 1.81 bits per heavy atom. The van der Waals surface area contributed by atoms with E-state index >= 15 is 0 Å². The maximum Gasteiger partial charge on any atom is 0.350 e. The SMILES string of the molecule is CCOc1ccc(C(=O)C2C(=O)C(=O)N(c3nc(C)c(C(=O)OC)s3)C2c2ccc(F)cc2)cc1C. The second-order valence-corrected chi connectivity index (χ2v) is 9.17. The van der Waals surface area contributed by atoms with Gasteiger partial charge in [0.15, 0.2) is 10.9 Å². The van der Waals surface area contributed by atoms with Gasteiger partial charge in [0.2, 0.25) is 5.78 Å². The van der Waals surface area contributed by atoms with Crippen molar-refractivity contribution in [2.45, 2.75) is 26.8 Å². The molecule has 8 nitrogen and oxygen atoms in total. The normalized spacial score (nSPS) is 17.4. The number of benzene rings is 2. The Bertz CT molecular complexity index is 1370. The number of nitrogens with zero attached hydrogens (tertiary/aromatic N) is 2. The van der Waals surface area contributed by atoms with Gasteiger partial charge in [-0.15, -0.1) is 0 Å². The molecule has 1 fully saturated rings. The van der Waals surface area contributed by atoms with Gasteiger partial charge in [-0.05, 0) is 62.2 Å². The number of ketones is 2. The van der Waals surface area contributed by atoms with Gasteiger partial charge < -0.3 is 9.47 Å². The number of hydrogen-bond acceptors (Lipinski definition) is 8. The molecule has 36 heavy (non-hydrogen) atoms. The summed E-state index contributed by atoms with van der Waals surface area (Å²) in [5.41, 5.74) is 1.63. The molecule has 1 aliphatic heterocycles. The average molecular weight is 511 g/mol. The summed E-state index contributed by atoms with van der Waals surface area (Å²) in [4.78, 5) is 57.9. The highest BCUT2D eigenvalue weighted by Gasteiger charge is 2.53. The van der Waals surface area contributed by atoms with Gasteiger partial charge in [0.1, 0.15) is 22.4 Å². The topological polar surface area (TPSA) is 103 Å². The van der Waals surface area contributed by atoms with Gasteiger partial charge in [-0.2, -0.15) is 0 Å².